The van der Waals surface area contributed by atoms with Gasteiger partial charge in [0.25, 0.3) is 0 Å². The summed E-state index contributed by atoms with van der Waals surface area (Å²) in [5.41, 5.74) is 6.60. The Bertz CT molecular complexity index is 325. The molecule has 0 aliphatic heterocycles. The largest absolute Gasteiger partial charge is 0.395 e. The summed E-state index contributed by atoms with van der Waals surface area (Å²) in [5, 5.41) is 8.96. The fourth-order valence-electron chi connectivity index (χ4n) is 1.75. The zero-order chi connectivity index (χ0) is 10.7. The van der Waals surface area contributed by atoms with Gasteiger partial charge < -0.3 is 10.8 Å². The van der Waals surface area contributed by atoms with Gasteiger partial charge in [-0.05, 0) is 25.0 Å². The van der Waals surface area contributed by atoms with Crippen LogP contribution in [0.3, 0.4) is 0 Å². The molecule has 2 rings (SSSR count). The molecule has 82 valence electrons. The highest BCUT2D eigenvalue weighted by molar-refractivity contribution is 5.28. The number of nitrogens with two attached hydrogens (primary N) is 1. The highest BCUT2D eigenvalue weighted by Crippen LogP contribution is 2.27. The van der Waals surface area contributed by atoms with Crippen LogP contribution in [-0.4, -0.2) is 34.2 Å². The molecule has 0 atom stereocenters. The molecular formula is C11H17N3O. The summed E-state index contributed by atoms with van der Waals surface area (Å²) < 4.78 is 0. The standard InChI is InChI=1S/C11H17N3O/c12-11-3-1-2-9(13-11)8-14(6-7-15)10-4-5-10/h1-3,10,15H,4-8H2,(H2,12,13). The van der Waals surface area contributed by atoms with Gasteiger partial charge in [0.15, 0.2) is 0 Å². The molecule has 1 aliphatic carbocycles. The van der Waals surface area contributed by atoms with Gasteiger partial charge in [0.1, 0.15) is 5.82 Å². The van der Waals surface area contributed by atoms with Crippen molar-refractivity contribution in [3.8, 4) is 0 Å². The van der Waals surface area contributed by atoms with Crippen LogP contribution in [0, 0.1) is 0 Å². The Morgan fingerprint density at radius 3 is 2.87 bits per heavy atom. The maximum absolute atomic E-state index is 8.96. The fourth-order valence-corrected chi connectivity index (χ4v) is 1.75. The van der Waals surface area contributed by atoms with Gasteiger partial charge in [-0.25, -0.2) is 4.98 Å². The summed E-state index contributed by atoms with van der Waals surface area (Å²) in [6, 6.07) is 6.32. The van der Waals surface area contributed by atoms with E-state index in [0.29, 0.717) is 11.9 Å². The molecule has 0 saturated heterocycles. The van der Waals surface area contributed by atoms with Gasteiger partial charge in [0, 0.05) is 19.1 Å². The highest BCUT2D eigenvalue weighted by atomic mass is 16.3. The van der Waals surface area contributed by atoms with E-state index in [-0.39, 0.29) is 6.61 Å². The summed E-state index contributed by atoms with van der Waals surface area (Å²) in [7, 11) is 0. The molecule has 0 unspecified atom stereocenters. The lowest BCUT2D eigenvalue weighted by Crippen LogP contribution is -2.29. The number of hydrogen-bond acceptors (Lipinski definition) is 4. The number of nitrogen functional groups attached to an aromatic ring is 1. The number of rotatable bonds is 5. The third kappa shape index (κ3) is 2.91. The molecule has 1 heterocycles. The molecule has 4 heteroatoms. The quantitative estimate of drug-likeness (QED) is 0.743. The third-order valence-electron chi connectivity index (χ3n) is 2.64. The van der Waals surface area contributed by atoms with E-state index in [0.717, 1.165) is 18.8 Å². The van der Waals surface area contributed by atoms with Crippen molar-refractivity contribution in [2.75, 3.05) is 18.9 Å². The van der Waals surface area contributed by atoms with Crippen LogP contribution in [0.2, 0.25) is 0 Å². The number of hydrogen-bond donors (Lipinski definition) is 2. The van der Waals surface area contributed by atoms with Crippen molar-refractivity contribution in [3.63, 3.8) is 0 Å². The van der Waals surface area contributed by atoms with Crippen LogP contribution in [0.4, 0.5) is 5.82 Å². The van der Waals surface area contributed by atoms with Crippen LogP contribution in [0.1, 0.15) is 18.5 Å². The SMILES string of the molecule is Nc1cccc(CN(CCO)C2CC2)n1. The first-order valence-electron chi connectivity index (χ1n) is 5.36. The molecule has 15 heavy (non-hydrogen) atoms. The second-order valence-corrected chi connectivity index (χ2v) is 3.98. The number of aromatic nitrogens is 1. The van der Waals surface area contributed by atoms with Gasteiger partial charge >= 0.3 is 0 Å². The van der Waals surface area contributed by atoms with Crippen molar-refractivity contribution in [1.82, 2.24) is 9.88 Å². The molecule has 1 aromatic rings. The first-order valence-corrected chi connectivity index (χ1v) is 5.36. The second kappa shape index (κ2) is 4.59. The lowest BCUT2D eigenvalue weighted by molar-refractivity contribution is 0.182. The Labute approximate surface area is 89.7 Å². The van der Waals surface area contributed by atoms with Gasteiger partial charge in [0.05, 0.1) is 12.3 Å². The summed E-state index contributed by atoms with van der Waals surface area (Å²) >= 11 is 0. The summed E-state index contributed by atoms with van der Waals surface area (Å²) in [5.74, 6) is 0.562. The Kier molecular flexibility index (Phi) is 3.18. The monoisotopic (exact) mass is 207 g/mol. The molecule has 0 spiro atoms. The molecule has 4 nitrogen and oxygen atoms in total. The molecule has 1 fully saturated rings. The molecule has 3 N–H and O–H groups in total. The molecule has 1 aromatic heterocycles. The minimum Gasteiger partial charge on any atom is -0.395 e. The Balaban J connectivity index is 1.98. The van der Waals surface area contributed by atoms with Crippen LogP contribution in [0.5, 0.6) is 0 Å². The topological polar surface area (TPSA) is 62.4 Å². The van der Waals surface area contributed by atoms with Crippen LogP contribution in [0.15, 0.2) is 18.2 Å². The van der Waals surface area contributed by atoms with E-state index in [9.17, 15) is 0 Å². The zero-order valence-corrected chi connectivity index (χ0v) is 8.76. The number of aliphatic hydroxyl groups is 1. The van der Waals surface area contributed by atoms with E-state index in [4.69, 9.17) is 10.8 Å². The average Bonchev–Trinajstić information content (AvgIpc) is 3.00. The van der Waals surface area contributed by atoms with E-state index in [1.54, 1.807) is 6.07 Å². The molecule has 1 saturated carbocycles. The van der Waals surface area contributed by atoms with Gasteiger partial charge in [0.2, 0.25) is 0 Å². The van der Waals surface area contributed by atoms with Crippen molar-refractivity contribution in [3.05, 3.63) is 23.9 Å². The summed E-state index contributed by atoms with van der Waals surface area (Å²) in [6.45, 7) is 1.72. The predicted octanol–water partition coefficient (Wildman–Crippen LogP) is 0.621. The molecular weight excluding hydrogens is 190 g/mol. The summed E-state index contributed by atoms with van der Waals surface area (Å²) in [4.78, 5) is 6.53. The van der Waals surface area contributed by atoms with Gasteiger partial charge in [-0.15, -0.1) is 0 Å². The van der Waals surface area contributed by atoms with Crippen LogP contribution in [0.25, 0.3) is 0 Å². The summed E-state index contributed by atoms with van der Waals surface area (Å²) in [6.07, 6.45) is 2.48. The van der Waals surface area contributed by atoms with Crippen molar-refractivity contribution in [2.24, 2.45) is 0 Å². The van der Waals surface area contributed by atoms with E-state index in [1.807, 2.05) is 12.1 Å². The minimum absolute atomic E-state index is 0.207. The van der Waals surface area contributed by atoms with E-state index in [2.05, 4.69) is 9.88 Å². The first-order chi connectivity index (χ1) is 7.29. The lowest BCUT2D eigenvalue weighted by Gasteiger charge is -2.20. The first kappa shape index (κ1) is 10.4. The lowest BCUT2D eigenvalue weighted by atomic mass is 10.3. The highest BCUT2D eigenvalue weighted by Gasteiger charge is 2.28. The molecule has 0 aromatic carbocycles. The Hall–Kier alpha value is -1.13. The molecule has 0 radical (unpaired) electrons. The number of anilines is 1. The Morgan fingerprint density at radius 2 is 2.27 bits per heavy atom. The maximum atomic E-state index is 8.96. The normalized spacial score (nSPS) is 15.9. The minimum atomic E-state index is 0.207. The van der Waals surface area contributed by atoms with E-state index >= 15 is 0 Å². The molecule has 0 bridgehead atoms. The van der Waals surface area contributed by atoms with Crippen molar-refractivity contribution in [2.45, 2.75) is 25.4 Å². The smallest absolute Gasteiger partial charge is 0.123 e. The molecule has 1 aliphatic rings. The molecule has 0 amide bonds. The van der Waals surface area contributed by atoms with Gasteiger partial charge in [-0.3, -0.25) is 4.90 Å². The van der Waals surface area contributed by atoms with Gasteiger partial charge in [-0.1, -0.05) is 6.07 Å². The van der Waals surface area contributed by atoms with E-state index < -0.39 is 0 Å². The Morgan fingerprint density at radius 1 is 1.47 bits per heavy atom. The van der Waals surface area contributed by atoms with Crippen LogP contribution in [-0.2, 0) is 6.54 Å². The van der Waals surface area contributed by atoms with Crippen LogP contribution < -0.4 is 5.73 Å². The zero-order valence-electron chi connectivity index (χ0n) is 8.76. The number of pyridine rings is 1. The van der Waals surface area contributed by atoms with Crippen molar-refractivity contribution < 1.29 is 5.11 Å². The van der Waals surface area contributed by atoms with Crippen molar-refractivity contribution in [1.29, 1.82) is 0 Å². The number of nitrogens with zero attached hydrogens (tertiary/aromatic N) is 2. The number of aliphatic hydroxyl groups excluding tert-OH is 1. The van der Waals surface area contributed by atoms with Gasteiger partial charge in [-0.2, -0.15) is 0 Å². The average molecular weight is 207 g/mol. The van der Waals surface area contributed by atoms with E-state index in [1.165, 1.54) is 12.8 Å². The predicted molar refractivity (Wildman–Crippen MR) is 59.2 cm³/mol. The second-order valence-electron chi connectivity index (χ2n) is 3.98. The maximum Gasteiger partial charge on any atom is 0.123 e. The van der Waals surface area contributed by atoms with Crippen LogP contribution >= 0.6 is 0 Å². The van der Waals surface area contributed by atoms with Crippen molar-refractivity contribution >= 4 is 5.82 Å². The third-order valence-corrected chi connectivity index (χ3v) is 2.64. The fraction of sp³-hybridized carbons (Fsp3) is 0.545.